The zero-order valence-corrected chi connectivity index (χ0v) is 12.7. The second-order valence-electron chi connectivity index (χ2n) is 6.56. The van der Waals surface area contributed by atoms with E-state index in [0.29, 0.717) is 5.91 Å². The molecule has 0 aromatic rings. The molecule has 1 amide bonds. The third-order valence-electron chi connectivity index (χ3n) is 4.72. The maximum absolute atomic E-state index is 12.3. The summed E-state index contributed by atoms with van der Waals surface area (Å²) >= 11 is 0. The molecule has 0 aromatic carbocycles. The summed E-state index contributed by atoms with van der Waals surface area (Å²) in [7, 11) is 0. The topological polar surface area (TPSA) is 82.2 Å². The number of piperazine rings is 1. The molecule has 1 aliphatic heterocycles. The van der Waals surface area contributed by atoms with Gasteiger partial charge in [0.2, 0.25) is 5.91 Å². The van der Waals surface area contributed by atoms with Gasteiger partial charge >= 0.3 is 0 Å². The van der Waals surface area contributed by atoms with Crippen molar-refractivity contribution >= 4 is 11.7 Å². The lowest BCUT2D eigenvalue weighted by atomic mass is 10.1. The van der Waals surface area contributed by atoms with Crippen LogP contribution < -0.4 is 5.73 Å². The highest BCUT2D eigenvalue weighted by Crippen LogP contribution is 2.52. The van der Waals surface area contributed by atoms with Crippen molar-refractivity contribution in [2.75, 3.05) is 26.2 Å². The number of oxime groups is 1. The fraction of sp³-hybridized carbons (Fsp3) is 0.857. The summed E-state index contributed by atoms with van der Waals surface area (Å²) in [5.41, 5.74) is 5.91. The van der Waals surface area contributed by atoms with Crippen LogP contribution in [-0.4, -0.2) is 59.0 Å². The van der Waals surface area contributed by atoms with Crippen LogP contribution in [0.5, 0.6) is 0 Å². The van der Waals surface area contributed by atoms with Gasteiger partial charge in [0.05, 0.1) is 6.04 Å². The molecule has 2 fully saturated rings. The van der Waals surface area contributed by atoms with E-state index < -0.39 is 0 Å². The second kappa shape index (κ2) is 5.60. The summed E-state index contributed by atoms with van der Waals surface area (Å²) in [5.74, 6) is 0.766. The Morgan fingerprint density at radius 2 is 1.95 bits per heavy atom. The fourth-order valence-corrected chi connectivity index (χ4v) is 3.08. The Labute approximate surface area is 120 Å². The minimum Gasteiger partial charge on any atom is -0.409 e. The maximum atomic E-state index is 12.3. The summed E-state index contributed by atoms with van der Waals surface area (Å²) in [6.07, 6.45) is 1.81. The van der Waals surface area contributed by atoms with E-state index in [0.717, 1.165) is 39.0 Å². The van der Waals surface area contributed by atoms with E-state index >= 15 is 0 Å². The van der Waals surface area contributed by atoms with Crippen LogP contribution in [0.25, 0.3) is 0 Å². The molecule has 2 unspecified atom stereocenters. The van der Waals surface area contributed by atoms with E-state index in [1.54, 1.807) is 0 Å². The first-order valence-electron chi connectivity index (χ1n) is 7.41. The molecular weight excluding hydrogens is 256 g/mol. The molecular formula is C14H26N4O2. The average Bonchev–Trinajstić information content (AvgIpc) is 3.08. The van der Waals surface area contributed by atoms with Gasteiger partial charge in [0, 0.05) is 32.1 Å². The first-order chi connectivity index (χ1) is 9.40. The van der Waals surface area contributed by atoms with E-state index in [-0.39, 0.29) is 23.2 Å². The Morgan fingerprint density at radius 1 is 1.40 bits per heavy atom. The van der Waals surface area contributed by atoms with Gasteiger partial charge in [0.15, 0.2) is 5.84 Å². The number of hydrogen-bond acceptors (Lipinski definition) is 4. The first kappa shape index (κ1) is 15.1. The van der Waals surface area contributed by atoms with Gasteiger partial charge in [0.25, 0.3) is 0 Å². The highest BCUT2D eigenvalue weighted by Gasteiger charge is 2.52. The van der Waals surface area contributed by atoms with Crippen LogP contribution in [0.2, 0.25) is 0 Å². The molecule has 2 atom stereocenters. The average molecular weight is 282 g/mol. The first-order valence-corrected chi connectivity index (χ1v) is 7.41. The van der Waals surface area contributed by atoms with Gasteiger partial charge in [-0.25, -0.2) is 0 Å². The van der Waals surface area contributed by atoms with E-state index in [2.05, 4.69) is 23.9 Å². The van der Waals surface area contributed by atoms with Crippen LogP contribution in [0.3, 0.4) is 0 Å². The van der Waals surface area contributed by atoms with Crippen LogP contribution in [0, 0.1) is 11.3 Å². The van der Waals surface area contributed by atoms with Crippen LogP contribution in [0.4, 0.5) is 0 Å². The van der Waals surface area contributed by atoms with Crippen molar-refractivity contribution in [2.24, 2.45) is 22.2 Å². The van der Waals surface area contributed by atoms with E-state index in [9.17, 15) is 4.79 Å². The van der Waals surface area contributed by atoms with Gasteiger partial charge in [-0.1, -0.05) is 25.9 Å². The zero-order valence-electron chi connectivity index (χ0n) is 12.7. The SMILES string of the molecule is CCC(C(N)=NO)N1CCN(C(=O)C2CC2(C)C)CC1. The van der Waals surface area contributed by atoms with E-state index in [4.69, 9.17) is 10.9 Å². The standard InChI is InChI=1S/C14H26N4O2/c1-4-11(12(15)16-20)17-5-7-18(8-6-17)13(19)10-9-14(10,2)3/h10-11,20H,4-9H2,1-3H3,(H2,15,16). The molecule has 6 nitrogen and oxygen atoms in total. The summed E-state index contributed by atoms with van der Waals surface area (Å²) in [6.45, 7) is 9.37. The summed E-state index contributed by atoms with van der Waals surface area (Å²) in [5, 5.41) is 11.9. The molecule has 114 valence electrons. The zero-order chi connectivity index (χ0) is 14.9. The molecule has 1 saturated heterocycles. The highest BCUT2D eigenvalue weighted by atomic mass is 16.4. The van der Waals surface area contributed by atoms with Crippen molar-refractivity contribution in [3.63, 3.8) is 0 Å². The van der Waals surface area contributed by atoms with Gasteiger partial charge in [-0.3, -0.25) is 9.69 Å². The molecule has 0 radical (unpaired) electrons. The third kappa shape index (κ3) is 2.90. The van der Waals surface area contributed by atoms with Gasteiger partial charge in [-0.05, 0) is 18.3 Å². The normalized spacial score (nSPS) is 28.2. The van der Waals surface area contributed by atoms with Crippen molar-refractivity contribution in [2.45, 2.75) is 39.7 Å². The molecule has 1 saturated carbocycles. The Morgan fingerprint density at radius 3 is 2.35 bits per heavy atom. The molecule has 1 aliphatic carbocycles. The number of carbonyl (C=O) groups excluding carboxylic acids is 1. The largest absolute Gasteiger partial charge is 0.409 e. The van der Waals surface area contributed by atoms with Crippen molar-refractivity contribution < 1.29 is 10.0 Å². The summed E-state index contributed by atoms with van der Waals surface area (Å²) < 4.78 is 0. The van der Waals surface area contributed by atoms with Crippen LogP contribution in [-0.2, 0) is 4.79 Å². The number of amidine groups is 1. The number of carbonyl (C=O) groups is 1. The number of nitrogens with two attached hydrogens (primary N) is 1. The number of nitrogens with zero attached hydrogens (tertiary/aromatic N) is 3. The number of rotatable bonds is 4. The number of hydrogen-bond donors (Lipinski definition) is 2. The smallest absolute Gasteiger partial charge is 0.226 e. The second-order valence-corrected chi connectivity index (χ2v) is 6.56. The van der Waals surface area contributed by atoms with Crippen LogP contribution in [0.15, 0.2) is 5.16 Å². The van der Waals surface area contributed by atoms with Crippen LogP contribution in [0.1, 0.15) is 33.6 Å². The minimum absolute atomic E-state index is 0.0328. The predicted molar refractivity (Wildman–Crippen MR) is 77.5 cm³/mol. The van der Waals surface area contributed by atoms with Crippen molar-refractivity contribution in [3.8, 4) is 0 Å². The predicted octanol–water partition coefficient (Wildman–Crippen LogP) is 0.702. The molecule has 20 heavy (non-hydrogen) atoms. The Balaban J connectivity index is 1.88. The maximum Gasteiger partial charge on any atom is 0.226 e. The van der Waals surface area contributed by atoms with Crippen molar-refractivity contribution in [1.29, 1.82) is 0 Å². The monoisotopic (exact) mass is 282 g/mol. The van der Waals surface area contributed by atoms with Gasteiger partial charge < -0.3 is 15.8 Å². The number of amides is 1. The van der Waals surface area contributed by atoms with Gasteiger partial charge in [-0.2, -0.15) is 0 Å². The van der Waals surface area contributed by atoms with E-state index in [1.165, 1.54) is 0 Å². The molecule has 2 aliphatic rings. The summed E-state index contributed by atoms with van der Waals surface area (Å²) in [6, 6.07) is -0.0328. The molecule has 2 rings (SSSR count). The van der Waals surface area contributed by atoms with Crippen LogP contribution >= 0.6 is 0 Å². The Bertz CT molecular complexity index is 400. The van der Waals surface area contributed by atoms with Gasteiger partial charge in [-0.15, -0.1) is 0 Å². The highest BCUT2D eigenvalue weighted by molar-refractivity contribution is 5.85. The molecule has 1 heterocycles. The van der Waals surface area contributed by atoms with Gasteiger partial charge in [0.1, 0.15) is 0 Å². The van der Waals surface area contributed by atoms with Crippen molar-refractivity contribution in [1.82, 2.24) is 9.80 Å². The Kier molecular flexibility index (Phi) is 4.22. The minimum atomic E-state index is -0.0328. The lowest BCUT2D eigenvalue weighted by Gasteiger charge is -2.38. The Hall–Kier alpha value is -1.30. The lowest BCUT2D eigenvalue weighted by Crippen LogP contribution is -2.55. The molecule has 3 N–H and O–H groups in total. The molecule has 0 aromatic heterocycles. The van der Waals surface area contributed by atoms with Crippen molar-refractivity contribution in [3.05, 3.63) is 0 Å². The molecule has 0 spiro atoms. The van der Waals surface area contributed by atoms with E-state index in [1.807, 2.05) is 11.8 Å². The quantitative estimate of drug-likeness (QED) is 0.344. The summed E-state index contributed by atoms with van der Waals surface area (Å²) in [4.78, 5) is 16.5. The third-order valence-corrected chi connectivity index (χ3v) is 4.72. The fourth-order valence-electron chi connectivity index (χ4n) is 3.08. The molecule has 0 bridgehead atoms. The lowest BCUT2D eigenvalue weighted by molar-refractivity contribution is -0.135. The molecule has 6 heteroatoms.